The van der Waals surface area contributed by atoms with Gasteiger partial charge in [0.25, 0.3) is 0 Å². The van der Waals surface area contributed by atoms with Crippen molar-refractivity contribution in [3.05, 3.63) is 35.8 Å². The zero-order chi connectivity index (χ0) is 18.9. The molecular weight excluding hydrogens is 378 g/mol. The molecule has 0 amide bonds. The number of nitrogens with zero attached hydrogens (tertiary/aromatic N) is 4. The van der Waals surface area contributed by atoms with Crippen LogP contribution in [0.2, 0.25) is 0 Å². The lowest BCUT2D eigenvalue weighted by molar-refractivity contribution is 0.370. The van der Waals surface area contributed by atoms with Crippen LogP contribution in [0.25, 0.3) is 0 Å². The third-order valence-electron chi connectivity index (χ3n) is 4.34. The number of phenols is 1. The summed E-state index contributed by atoms with van der Waals surface area (Å²) in [5.41, 5.74) is 0.915. The molecule has 146 valence electrons. The molecule has 1 aromatic carbocycles. The van der Waals surface area contributed by atoms with E-state index in [2.05, 4.69) is 27.0 Å². The molecule has 0 saturated carbocycles. The molecule has 8 heteroatoms. The lowest BCUT2D eigenvalue weighted by Crippen LogP contribution is -2.52. The fraction of sp³-hybridized carbons (Fsp3) is 0.474. The van der Waals surface area contributed by atoms with E-state index in [9.17, 15) is 5.11 Å². The van der Waals surface area contributed by atoms with Gasteiger partial charge >= 0.3 is 0 Å². The maximum Gasteiger partial charge on any atom is 0.194 e. The number of anilines is 1. The number of para-hydroxylation sites is 2. The first-order chi connectivity index (χ1) is 13.3. The SMILES string of the molecule is CCNC(=NCCCSc1nccs1)N1CCN(c2ccccc2O)CC1. The van der Waals surface area contributed by atoms with E-state index in [1.54, 1.807) is 29.2 Å². The Kier molecular flexibility index (Phi) is 7.65. The van der Waals surface area contributed by atoms with Gasteiger partial charge in [-0.25, -0.2) is 4.98 Å². The maximum absolute atomic E-state index is 10.1. The molecule has 2 N–H and O–H groups in total. The molecule has 1 aromatic heterocycles. The van der Waals surface area contributed by atoms with Crippen LogP contribution < -0.4 is 10.2 Å². The minimum absolute atomic E-state index is 0.351. The van der Waals surface area contributed by atoms with Crippen LogP contribution in [0.5, 0.6) is 5.75 Å². The van der Waals surface area contributed by atoms with E-state index in [1.807, 2.05) is 29.8 Å². The van der Waals surface area contributed by atoms with Crippen LogP contribution in [0, 0.1) is 0 Å². The molecule has 1 aliphatic heterocycles. The summed E-state index contributed by atoms with van der Waals surface area (Å²) in [4.78, 5) is 13.6. The number of guanidine groups is 1. The number of aromatic nitrogens is 1. The summed E-state index contributed by atoms with van der Waals surface area (Å²) in [5, 5.41) is 15.5. The summed E-state index contributed by atoms with van der Waals surface area (Å²) in [5.74, 6) is 2.38. The van der Waals surface area contributed by atoms with E-state index >= 15 is 0 Å². The Labute approximate surface area is 169 Å². The van der Waals surface area contributed by atoms with Crippen LogP contribution in [0.1, 0.15) is 13.3 Å². The van der Waals surface area contributed by atoms with Gasteiger partial charge in [-0.1, -0.05) is 23.9 Å². The molecule has 1 fully saturated rings. The van der Waals surface area contributed by atoms with Crippen molar-refractivity contribution in [1.82, 2.24) is 15.2 Å². The first-order valence-corrected chi connectivity index (χ1v) is 11.2. The highest BCUT2D eigenvalue weighted by Gasteiger charge is 2.21. The number of nitrogens with one attached hydrogen (secondary N) is 1. The molecule has 0 unspecified atom stereocenters. The molecule has 0 radical (unpaired) electrons. The van der Waals surface area contributed by atoms with Crippen LogP contribution in [0.15, 0.2) is 45.2 Å². The Balaban J connectivity index is 1.47. The number of thiazole rings is 1. The van der Waals surface area contributed by atoms with Crippen LogP contribution in [-0.4, -0.2) is 66.0 Å². The summed E-state index contributed by atoms with van der Waals surface area (Å²) in [6.07, 6.45) is 2.89. The number of phenolic OH excluding ortho intramolecular Hbond substituents is 1. The van der Waals surface area contributed by atoms with Gasteiger partial charge in [0, 0.05) is 56.6 Å². The molecule has 2 heterocycles. The average molecular weight is 406 g/mol. The molecule has 0 atom stereocenters. The lowest BCUT2D eigenvalue weighted by atomic mass is 10.2. The molecule has 1 aliphatic rings. The fourth-order valence-electron chi connectivity index (χ4n) is 3.01. The Morgan fingerprint density at radius 2 is 2.11 bits per heavy atom. The van der Waals surface area contributed by atoms with Crippen molar-refractivity contribution in [1.29, 1.82) is 0 Å². The minimum Gasteiger partial charge on any atom is -0.506 e. The standard InChI is InChI=1S/C19H27N5OS2/c1-2-20-18(21-8-5-14-26-19-22-9-15-27-19)24-12-10-23(11-13-24)16-6-3-4-7-17(16)25/h3-4,6-7,9,15,25H,2,5,8,10-14H2,1H3,(H,20,21). The van der Waals surface area contributed by atoms with Crippen LogP contribution in [0.4, 0.5) is 5.69 Å². The maximum atomic E-state index is 10.1. The predicted octanol–water partition coefficient (Wildman–Crippen LogP) is 3.12. The number of hydrogen-bond acceptors (Lipinski definition) is 6. The second-order valence-electron chi connectivity index (χ2n) is 6.20. The number of thioether (sulfide) groups is 1. The topological polar surface area (TPSA) is 64.0 Å². The van der Waals surface area contributed by atoms with Crippen molar-refractivity contribution in [3.8, 4) is 5.75 Å². The van der Waals surface area contributed by atoms with Gasteiger partial charge in [-0.15, -0.1) is 11.3 Å². The highest BCUT2D eigenvalue weighted by Crippen LogP contribution is 2.27. The van der Waals surface area contributed by atoms with E-state index in [4.69, 9.17) is 4.99 Å². The Hall–Kier alpha value is -1.93. The summed E-state index contributed by atoms with van der Waals surface area (Å²) < 4.78 is 1.13. The molecule has 1 saturated heterocycles. The van der Waals surface area contributed by atoms with Gasteiger partial charge in [0.1, 0.15) is 10.1 Å². The zero-order valence-electron chi connectivity index (χ0n) is 15.7. The number of benzene rings is 1. The third-order valence-corrected chi connectivity index (χ3v) is 6.39. The average Bonchev–Trinajstić information content (AvgIpc) is 3.21. The van der Waals surface area contributed by atoms with E-state index in [0.29, 0.717) is 5.75 Å². The van der Waals surface area contributed by atoms with Crippen molar-refractivity contribution in [2.24, 2.45) is 4.99 Å². The Morgan fingerprint density at radius 3 is 2.81 bits per heavy atom. The molecule has 2 aromatic rings. The van der Waals surface area contributed by atoms with Crippen molar-refractivity contribution in [2.45, 2.75) is 17.7 Å². The number of aromatic hydroxyl groups is 1. The van der Waals surface area contributed by atoms with Crippen LogP contribution in [0.3, 0.4) is 0 Å². The monoisotopic (exact) mass is 405 g/mol. The van der Waals surface area contributed by atoms with Gasteiger partial charge in [0.2, 0.25) is 0 Å². The highest BCUT2D eigenvalue weighted by atomic mass is 32.2. The Bertz CT molecular complexity index is 715. The Morgan fingerprint density at radius 1 is 1.30 bits per heavy atom. The van der Waals surface area contributed by atoms with Crippen molar-refractivity contribution in [3.63, 3.8) is 0 Å². The molecule has 3 rings (SSSR count). The highest BCUT2D eigenvalue weighted by molar-refractivity contribution is 8.00. The van der Waals surface area contributed by atoms with Gasteiger partial charge in [0.15, 0.2) is 5.96 Å². The van der Waals surface area contributed by atoms with Gasteiger partial charge in [-0.05, 0) is 25.5 Å². The minimum atomic E-state index is 0.351. The molecule has 27 heavy (non-hydrogen) atoms. The smallest absolute Gasteiger partial charge is 0.194 e. The number of piperazine rings is 1. The van der Waals surface area contributed by atoms with E-state index in [0.717, 1.165) is 67.4 Å². The number of aliphatic imine (C=N–C) groups is 1. The predicted molar refractivity (Wildman–Crippen MR) is 115 cm³/mol. The molecule has 6 nitrogen and oxygen atoms in total. The summed E-state index contributed by atoms with van der Waals surface area (Å²) in [6.45, 7) is 7.34. The van der Waals surface area contributed by atoms with Gasteiger partial charge in [-0.3, -0.25) is 4.99 Å². The third kappa shape index (κ3) is 5.77. The molecule has 0 bridgehead atoms. The second kappa shape index (κ2) is 10.4. The van der Waals surface area contributed by atoms with E-state index < -0.39 is 0 Å². The molecular formula is C19H27N5OS2. The summed E-state index contributed by atoms with van der Waals surface area (Å²) in [6, 6.07) is 7.55. The molecule has 0 aliphatic carbocycles. The molecule has 0 spiro atoms. The lowest BCUT2D eigenvalue weighted by Gasteiger charge is -2.37. The van der Waals surface area contributed by atoms with E-state index in [1.165, 1.54) is 0 Å². The zero-order valence-corrected chi connectivity index (χ0v) is 17.3. The number of hydrogen-bond donors (Lipinski definition) is 2. The fourth-order valence-corrected chi connectivity index (χ4v) is 4.64. The van der Waals surface area contributed by atoms with Crippen LogP contribution in [-0.2, 0) is 0 Å². The first-order valence-electron chi connectivity index (χ1n) is 9.36. The number of rotatable bonds is 7. The van der Waals surface area contributed by atoms with Gasteiger partial charge in [0.05, 0.1) is 5.69 Å². The van der Waals surface area contributed by atoms with Crippen molar-refractivity contribution >= 4 is 34.7 Å². The summed E-state index contributed by atoms with van der Waals surface area (Å²) >= 11 is 3.49. The first kappa shape index (κ1) is 19.8. The van der Waals surface area contributed by atoms with Gasteiger partial charge in [-0.2, -0.15) is 0 Å². The van der Waals surface area contributed by atoms with Gasteiger partial charge < -0.3 is 20.2 Å². The second-order valence-corrected chi connectivity index (χ2v) is 8.44. The quantitative estimate of drug-likeness (QED) is 0.319. The van der Waals surface area contributed by atoms with Crippen molar-refractivity contribution in [2.75, 3.05) is 49.9 Å². The van der Waals surface area contributed by atoms with Crippen LogP contribution >= 0.6 is 23.1 Å². The summed E-state index contributed by atoms with van der Waals surface area (Å²) in [7, 11) is 0. The largest absolute Gasteiger partial charge is 0.506 e. The van der Waals surface area contributed by atoms with E-state index in [-0.39, 0.29) is 0 Å². The van der Waals surface area contributed by atoms with Crippen molar-refractivity contribution < 1.29 is 5.11 Å². The normalized spacial score (nSPS) is 15.2.